The minimum absolute atomic E-state index is 0.316. The van der Waals surface area contributed by atoms with Crippen LogP contribution in [0.15, 0.2) is 30.3 Å². The third-order valence-electron chi connectivity index (χ3n) is 1.38. The van der Waals surface area contributed by atoms with Gasteiger partial charge in [-0.1, -0.05) is 13.8 Å². The molecular formula is C10H12O2Zr. The molecule has 0 aliphatic rings. The van der Waals surface area contributed by atoms with Gasteiger partial charge in [-0.3, -0.25) is 0 Å². The Morgan fingerprint density at radius 1 is 1.38 bits per heavy atom. The Balaban J connectivity index is 0.000000671. The van der Waals surface area contributed by atoms with E-state index in [1.165, 1.54) is 0 Å². The fraction of sp³-hybridized carbons (Fsp3) is 0.200. The Morgan fingerprint density at radius 3 is 2.23 bits per heavy atom. The van der Waals surface area contributed by atoms with Gasteiger partial charge in [0.25, 0.3) is 0 Å². The molecule has 1 unspecified atom stereocenters. The summed E-state index contributed by atoms with van der Waals surface area (Å²) in [6.45, 7) is 5.00. The monoisotopic (exact) mass is 254 g/mol. The zero-order chi connectivity index (χ0) is 10.3. The van der Waals surface area contributed by atoms with Gasteiger partial charge in [0.15, 0.2) is 0 Å². The summed E-state index contributed by atoms with van der Waals surface area (Å²) in [6, 6.07) is 9.28. The van der Waals surface area contributed by atoms with E-state index in [4.69, 9.17) is 5.11 Å². The molecule has 2 nitrogen and oxygen atoms in total. The van der Waals surface area contributed by atoms with Crippen molar-refractivity contribution >= 4 is 5.97 Å². The maximum Gasteiger partial charge on any atom is -0.0564 e. The second-order valence-corrected chi connectivity index (χ2v) is 3.60. The largest absolute Gasteiger partial charge is 0.0654 e. The number of carboxylic acids is 1. The zero-order valence-electron chi connectivity index (χ0n) is 7.53. The van der Waals surface area contributed by atoms with E-state index in [1.807, 2.05) is 30.3 Å². The van der Waals surface area contributed by atoms with E-state index >= 15 is 0 Å². The van der Waals surface area contributed by atoms with E-state index < -0.39 is 5.97 Å². The van der Waals surface area contributed by atoms with E-state index in [9.17, 15) is 4.79 Å². The maximum atomic E-state index is 10.5. The Labute approximate surface area is 93.8 Å². The Hall–Kier alpha value is -0.427. The predicted molar refractivity (Wildman–Crippen MR) is 47.8 cm³/mol. The van der Waals surface area contributed by atoms with Gasteiger partial charge in [-0.15, -0.1) is 0 Å². The van der Waals surface area contributed by atoms with Crippen LogP contribution in [0.4, 0.5) is 0 Å². The van der Waals surface area contributed by atoms with E-state index in [0.717, 1.165) is 30.3 Å². The Kier molecular flexibility index (Phi) is 6.79. The van der Waals surface area contributed by atoms with Gasteiger partial charge in [-0.25, -0.2) is 0 Å². The summed E-state index contributed by atoms with van der Waals surface area (Å²) in [5, 5.41) is 8.66. The van der Waals surface area contributed by atoms with Crippen molar-refractivity contribution in [1.82, 2.24) is 0 Å². The fourth-order valence-corrected chi connectivity index (χ4v) is 1.26. The van der Waals surface area contributed by atoms with Crippen molar-refractivity contribution in [3.8, 4) is 0 Å². The molecule has 0 aromatic heterocycles. The summed E-state index contributed by atoms with van der Waals surface area (Å²) in [5.74, 6) is -0.741. The molecule has 0 spiro atoms. The van der Waals surface area contributed by atoms with Crippen LogP contribution in [0, 0.1) is 6.92 Å². The van der Waals surface area contributed by atoms with Crippen molar-refractivity contribution in [2.24, 2.45) is 0 Å². The summed E-state index contributed by atoms with van der Waals surface area (Å²) in [6.07, 6.45) is 0. The number of benzene rings is 1. The van der Waals surface area contributed by atoms with E-state index in [0.29, 0.717) is 0 Å². The Bertz CT molecular complexity index is 246. The molecule has 0 aliphatic carbocycles. The van der Waals surface area contributed by atoms with Crippen LogP contribution in [0.3, 0.4) is 0 Å². The topological polar surface area (TPSA) is 37.3 Å². The molecule has 1 atom stereocenters. The maximum absolute atomic E-state index is 10.5. The average Bonchev–Trinajstić information content (AvgIpc) is 2.21. The van der Waals surface area contributed by atoms with Crippen LogP contribution in [-0.2, 0) is 29.5 Å². The van der Waals surface area contributed by atoms with Crippen LogP contribution in [0.5, 0.6) is 0 Å². The molecule has 1 aromatic rings. The molecule has 68 valence electrons. The molecule has 1 rings (SSSR count). The van der Waals surface area contributed by atoms with Crippen molar-refractivity contribution < 1.29 is 34.6 Å². The van der Waals surface area contributed by atoms with Gasteiger partial charge in [0.2, 0.25) is 0 Å². The quantitative estimate of drug-likeness (QED) is 0.879. The number of carboxylic acid groups (broad SMARTS) is 1. The average molecular weight is 255 g/mol. The summed E-state index contributed by atoms with van der Waals surface area (Å²) >= 11 is 1.02. The third kappa shape index (κ3) is 4.37. The van der Waals surface area contributed by atoms with Crippen LogP contribution in [0.2, 0.25) is 0 Å². The van der Waals surface area contributed by atoms with Crippen LogP contribution >= 0.6 is 0 Å². The molecule has 3 heteroatoms. The molecule has 0 saturated carbocycles. The second kappa shape index (κ2) is 7.02. The number of hydrogen-bond acceptors (Lipinski definition) is 1. The number of aliphatic carboxylic acids is 1. The zero-order valence-corrected chi connectivity index (χ0v) is 9.98. The summed E-state index contributed by atoms with van der Waals surface area (Å²) < 4.78 is -0.316. The number of carbonyl (C=O) groups is 1. The molecule has 0 heterocycles. The molecule has 0 fully saturated rings. The first-order chi connectivity index (χ1) is 6.22. The van der Waals surface area contributed by atoms with Crippen molar-refractivity contribution in [3.05, 3.63) is 42.8 Å². The third-order valence-corrected chi connectivity index (χ3v) is 2.81. The number of rotatable bonds is 2. The summed E-state index contributed by atoms with van der Waals surface area (Å²) in [4.78, 5) is 10.5. The van der Waals surface area contributed by atoms with Crippen LogP contribution in [0.25, 0.3) is 0 Å². The van der Waals surface area contributed by atoms with Gasteiger partial charge in [0, 0.05) is 0 Å². The van der Waals surface area contributed by atoms with E-state index in [-0.39, 0.29) is 3.63 Å². The van der Waals surface area contributed by atoms with Gasteiger partial charge >= 0.3 is 80.1 Å². The van der Waals surface area contributed by atoms with Crippen LogP contribution in [0.1, 0.15) is 16.1 Å². The SMILES string of the molecule is O=C(O)[CH]([Zr])c1ccccc1.[CH2]C. The fourth-order valence-electron chi connectivity index (χ4n) is 0.788. The second-order valence-electron chi connectivity index (χ2n) is 2.18. The van der Waals surface area contributed by atoms with Gasteiger partial charge in [0.05, 0.1) is 0 Å². The smallest absolute Gasteiger partial charge is 0.0564 e. The molecule has 13 heavy (non-hydrogen) atoms. The number of hydrogen-bond donors (Lipinski definition) is 1. The van der Waals surface area contributed by atoms with E-state index in [1.54, 1.807) is 6.92 Å². The molecule has 0 amide bonds. The summed E-state index contributed by atoms with van der Waals surface area (Å²) in [5.41, 5.74) is 0.887. The normalized spacial score (nSPS) is 10.8. The van der Waals surface area contributed by atoms with Gasteiger partial charge in [-0.05, 0) is 0 Å². The molecule has 1 N–H and O–H groups in total. The van der Waals surface area contributed by atoms with E-state index in [2.05, 4.69) is 6.92 Å². The molecular weight excluding hydrogens is 243 g/mol. The molecule has 1 aromatic carbocycles. The van der Waals surface area contributed by atoms with Crippen molar-refractivity contribution in [3.63, 3.8) is 0 Å². The molecule has 0 aliphatic heterocycles. The van der Waals surface area contributed by atoms with Crippen LogP contribution < -0.4 is 0 Å². The standard InChI is InChI=1S/C8H7O2.C2H5.Zr/c9-8(10)6-7-4-2-1-3-5-7;1-2;/h1-6H,(H,9,10);1H2,2H3;. The molecule has 0 saturated heterocycles. The van der Waals surface area contributed by atoms with Gasteiger partial charge < -0.3 is 0 Å². The predicted octanol–water partition coefficient (Wildman–Crippen LogP) is 2.20. The van der Waals surface area contributed by atoms with Crippen molar-refractivity contribution in [1.29, 1.82) is 0 Å². The van der Waals surface area contributed by atoms with Gasteiger partial charge in [0.1, 0.15) is 0 Å². The van der Waals surface area contributed by atoms with Crippen LogP contribution in [-0.4, -0.2) is 11.1 Å². The van der Waals surface area contributed by atoms with Gasteiger partial charge in [-0.2, -0.15) is 0 Å². The van der Waals surface area contributed by atoms with Crippen molar-refractivity contribution in [2.45, 2.75) is 10.5 Å². The molecule has 1 radical (unpaired) electrons. The van der Waals surface area contributed by atoms with Crippen molar-refractivity contribution in [2.75, 3.05) is 0 Å². The first kappa shape index (κ1) is 12.6. The molecule has 0 bridgehead atoms. The minimum Gasteiger partial charge on any atom is -0.0654 e. The Morgan fingerprint density at radius 2 is 1.85 bits per heavy atom. The first-order valence-corrected chi connectivity index (χ1v) is 5.33. The summed E-state index contributed by atoms with van der Waals surface area (Å²) in [7, 11) is 0. The first-order valence-electron chi connectivity index (χ1n) is 3.91. The minimum atomic E-state index is -0.741.